The highest BCUT2D eigenvalue weighted by Gasteiger charge is 2.11. The van der Waals surface area contributed by atoms with Gasteiger partial charge in [-0.3, -0.25) is 4.79 Å². The third-order valence-electron chi connectivity index (χ3n) is 2.00. The second-order valence-electron chi connectivity index (χ2n) is 3.02. The van der Waals surface area contributed by atoms with E-state index >= 15 is 0 Å². The van der Waals surface area contributed by atoms with E-state index in [1.54, 1.807) is 0 Å². The highest BCUT2D eigenvalue weighted by atomic mass is 16.4. The van der Waals surface area contributed by atoms with E-state index in [0.29, 0.717) is 6.42 Å². The Hall–Kier alpha value is -1.82. The highest BCUT2D eigenvalue weighted by molar-refractivity contribution is 5.66. The Labute approximate surface area is 82.6 Å². The average Bonchev–Trinajstić information content (AvgIpc) is 2.20. The number of nitriles is 1. The molecular formula is C11H11NO2. The van der Waals surface area contributed by atoms with Crippen LogP contribution in [0.1, 0.15) is 24.3 Å². The minimum Gasteiger partial charge on any atom is -0.481 e. The van der Waals surface area contributed by atoms with Crippen molar-refractivity contribution in [2.75, 3.05) is 0 Å². The van der Waals surface area contributed by atoms with E-state index in [2.05, 4.69) is 6.07 Å². The van der Waals surface area contributed by atoms with Crippen molar-refractivity contribution in [3.63, 3.8) is 0 Å². The summed E-state index contributed by atoms with van der Waals surface area (Å²) in [4.78, 5) is 10.3. The zero-order valence-electron chi connectivity index (χ0n) is 7.68. The first-order chi connectivity index (χ1) is 6.74. The molecule has 1 aromatic carbocycles. The summed E-state index contributed by atoms with van der Waals surface area (Å²) in [6, 6.07) is 11.4. The van der Waals surface area contributed by atoms with Gasteiger partial charge in [-0.1, -0.05) is 30.3 Å². The number of aliphatic carboxylic acids is 1. The first-order valence-corrected chi connectivity index (χ1v) is 4.40. The number of carbonyl (C=O) groups is 1. The summed E-state index contributed by atoms with van der Waals surface area (Å²) in [6.07, 6.45) is 0.406. The molecule has 3 heteroatoms. The maximum absolute atomic E-state index is 10.3. The quantitative estimate of drug-likeness (QED) is 0.789. The van der Waals surface area contributed by atoms with Gasteiger partial charge in [0.25, 0.3) is 0 Å². The van der Waals surface area contributed by atoms with Crippen molar-refractivity contribution in [3.8, 4) is 6.07 Å². The molecule has 1 rings (SSSR count). The fourth-order valence-corrected chi connectivity index (χ4v) is 1.26. The van der Waals surface area contributed by atoms with Gasteiger partial charge in [0.1, 0.15) is 0 Å². The summed E-state index contributed by atoms with van der Waals surface area (Å²) in [5, 5.41) is 17.3. The molecular weight excluding hydrogens is 178 g/mol. The lowest BCUT2D eigenvalue weighted by molar-refractivity contribution is -0.137. The molecule has 0 bridgehead atoms. The van der Waals surface area contributed by atoms with Crippen molar-refractivity contribution in [2.24, 2.45) is 0 Å². The normalized spacial score (nSPS) is 11.6. The molecule has 1 aromatic rings. The van der Waals surface area contributed by atoms with Crippen LogP contribution in [0.15, 0.2) is 30.3 Å². The van der Waals surface area contributed by atoms with Crippen molar-refractivity contribution in [3.05, 3.63) is 35.9 Å². The Morgan fingerprint density at radius 3 is 2.57 bits per heavy atom. The van der Waals surface area contributed by atoms with Crippen LogP contribution in [0.25, 0.3) is 0 Å². The fraction of sp³-hybridized carbons (Fsp3) is 0.273. The zero-order chi connectivity index (χ0) is 10.4. The molecule has 0 fully saturated rings. The SMILES string of the molecule is N#CC(CCC(=O)O)c1ccccc1. The first kappa shape index (κ1) is 10.3. The Kier molecular flexibility index (Phi) is 3.69. The van der Waals surface area contributed by atoms with Gasteiger partial charge in [0.15, 0.2) is 0 Å². The van der Waals surface area contributed by atoms with E-state index in [9.17, 15) is 4.79 Å². The maximum Gasteiger partial charge on any atom is 0.303 e. The molecule has 1 atom stereocenters. The average molecular weight is 189 g/mol. The number of benzene rings is 1. The van der Waals surface area contributed by atoms with Crippen LogP contribution in [0.2, 0.25) is 0 Å². The predicted molar refractivity (Wildman–Crippen MR) is 51.7 cm³/mol. The van der Waals surface area contributed by atoms with Crippen LogP contribution in [0.4, 0.5) is 0 Å². The summed E-state index contributed by atoms with van der Waals surface area (Å²) in [7, 11) is 0. The Morgan fingerprint density at radius 1 is 1.43 bits per heavy atom. The summed E-state index contributed by atoms with van der Waals surface area (Å²) in [5.74, 6) is -1.17. The maximum atomic E-state index is 10.3. The number of hydrogen-bond acceptors (Lipinski definition) is 2. The molecule has 0 aromatic heterocycles. The van der Waals surface area contributed by atoms with Gasteiger partial charge in [0.05, 0.1) is 12.0 Å². The van der Waals surface area contributed by atoms with Crippen molar-refractivity contribution < 1.29 is 9.90 Å². The molecule has 3 nitrogen and oxygen atoms in total. The van der Waals surface area contributed by atoms with E-state index in [0.717, 1.165) is 5.56 Å². The molecule has 0 saturated heterocycles. The minimum absolute atomic E-state index is 0.0348. The van der Waals surface area contributed by atoms with Gasteiger partial charge in [-0.2, -0.15) is 5.26 Å². The number of nitrogens with zero attached hydrogens (tertiary/aromatic N) is 1. The highest BCUT2D eigenvalue weighted by Crippen LogP contribution is 2.19. The lowest BCUT2D eigenvalue weighted by Crippen LogP contribution is -2.01. The molecule has 1 N–H and O–H groups in total. The Bertz CT molecular complexity index is 340. The third-order valence-corrected chi connectivity index (χ3v) is 2.00. The van der Waals surface area contributed by atoms with Gasteiger partial charge in [0.2, 0.25) is 0 Å². The van der Waals surface area contributed by atoms with Crippen LogP contribution < -0.4 is 0 Å². The molecule has 0 aliphatic heterocycles. The van der Waals surface area contributed by atoms with Gasteiger partial charge in [0, 0.05) is 6.42 Å². The smallest absolute Gasteiger partial charge is 0.303 e. The molecule has 0 aliphatic carbocycles. The molecule has 14 heavy (non-hydrogen) atoms. The van der Waals surface area contributed by atoms with Gasteiger partial charge >= 0.3 is 5.97 Å². The van der Waals surface area contributed by atoms with Gasteiger partial charge in [-0.25, -0.2) is 0 Å². The van der Waals surface area contributed by atoms with Crippen molar-refractivity contribution >= 4 is 5.97 Å². The van der Waals surface area contributed by atoms with Crippen LogP contribution in [0, 0.1) is 11.3 Å². The van der Waals surface area contributed by atoms with E-state index in [1.807, 2.05) is 30.3 Å². The second kappa shape index (κ2) is 5.03. The van der Waals surface area contributed by atoms with Crippen LogP contribution in [0.5, 0.6) is 0 Å². The summed E-state index contributed by atoms with van der Waals surface area (Å²) in [5.41, 5.74) is 0.885. The largest absolute Gasteiger partial charge is 0.481 e. The van der Waals surface area contributed by atoms with Crippen molar-refractivity contribution in [1.82, 2.24) is 0 Å². The molecule has 0 amide bonds. The molecule has 0 heterocycles. The van der Waals surface area contributed by atoms with Crippen molar-refractivity contribution in [1.29, 1.82) is 5.26 Å². The van der Waals surface area contributed by atoms with Gasteiger partial charge in [-0.15, -0.1) is 0 Å². The number of carboxylic acid groups (broad SMARTS) is 1. The Balaban J connectivity index is 2.65. The van der Waals surface area contributed by atoms with E-state index < -0.39 is 5.97 Å². The molecule has 1 unspecified atom stereocenters. The lowest BCUT2D eigenvalue weighted by Gasteiger charge is -2.06. The fourth-order valence-electron chi connectivity index (χ4n) is 1.26. The topological polar surface area (TPSA) is 61.1 Å². The number of rotatable bonds is 4. The molecule has 0 saturated carbocycles. The van der Waals surface area contributed by atoms with E-state index in [1.165, 1.54) is 0 Å². The molecule has 0 spiro atoms. The third kappa shape index (κ3) is 2.91. The van der Waals surface area contributed by atoms with Gasteiger partial charge < -0.3 is 5.11 Å². The van der Waals surface area contributed by atoms with Crippen LogP contribution >= 0.6 is 0 Å². The Morgan fingerprint density at radius 2 is 2.07 bits per heavy atom. The minimum atomic E-state index is -0.860. The molecule has 0 radical (unpaired) electrons. The number of hydrogen-bond donors (Lipinski definition) is 1. The molecule has 72 valence electrons. The van der Waals surface area contributed by atoms with Crippen LogP contribution in [-0.2, 0) is 4.79 Å². The first-order valence-electron chi connectivity index (χ1n) is 4.40. The van der Waals surface area contributed by atoms with Crippen LogP contribution in [0.3, 0.4) is 0 Å². The van der Waals surface area contributed by atoms with E-state index in [-0.39, 0.29) is 12.3 Å². The molecule has 0 aliphatic rings. The monoisotopic (exact) mass is 189 g/mol. The standard InChI is InChI=1S/C11H11NO2/c12-8-10(6-7-11(13)14)9-4-2-1-3-5-9/h1-5,10H,6-7H2,(H,13,14). The van der Waals surface area contributed by atoms with E-state index in [4.69, 9.17) is 10.4 Å². The summed E-state index contributed by atoms with van der Waals surface area (Å²) in [6.45, 7) is 0. The van der Waals surface area contributed by atoms with Gasteiger partial charge in [-0.05, 0) is 12.0 Å². The second-order valence-corrected chi connectivity index (χ2v) is 3.02. The summed E-state index contributed by atoms with van der Waals surface area (Å²) < 4.78 is 0. The van der Waals surface area contributed by atoms with Crippen LogP contribution in [-0.4, -0.2) is 11.1 Å². The summed E-state index contributed by atoms with van der Waals surface area (Å²) >= 11 is 0. The lowest BCUT2D eigenvalue weighted by atomic mass is 9.96. The van der Waals surface area contributed by atoms with Crippen molar-refractivity contribution in [2.45, 2.75) is 18.8 Å². The zero-order valence-corrected chi connectivity index (χ0v) is 7.68. The number of carboxylic acids is 1. The predicted octanol–water partition coefficient (Wildman–Crippen LogP) is 2.16.